The summed E-state index contributed by atoms with van der Waals surface area (Å²) in [5, 5.41) is 16.7. The Morgan fingerprint density at radius 3 is 2.18 bits per heavy atom. The summed E-state index contributed by atoms with van der Waals surface area (Å²) in [6, 6.07) is 0. The fraction of sp³-hybridized carbons (Fsp3) is 1.00. The third-order valence-corrected chi connectivity index (χ3v) is 1.13. The van der Waals surface area contributed by atoms with Gasteiger partial charge in [-0.25, -0.2) is 4.57 Å². The van der Waals surface area contributed by atoms with E-state index in [1.165, 1.54) is 0 Å². The van der Waals surface area contributed by atoms with Crippen molar-refractivity contribution >= 4 is 7.82 Å². The van der Waals surface area contributed by atoms with Crippen LogP contribution in [0.4, 0.5) is 0 Å². The quantitative estimate of drug-likeness (QED) is 0.348. The molecule has 0 radical (unpaired) electrons. The van der Waals surface area contributed by atoms with E-state index in [2.05, 4.69) is 4.52 Å². The van der Waals surface area contributed by atoms with Crippen LogP contribution in [0.2, 0.25) is 0 Å². The van der Waals surface area contributed by atoms with Gasteiger partial charge in [0.05, 0.1) is 13.2 Å². The molecule has 1 unspecified atom stereocenters. The molecule has 8 heteroatoms. The molecule has 64 valence electrons. The van der Waals surface area contributed by atoms with E-state index < -0.39 is 27.1 Å². The molecule has 0 amide bonds. The molecule has 0 aromatic rings. The van der Waals surface area contributed by atoms with Crippen LogP contribution in [-0.2, 0) is 28.6 Å². The second-order valence-electron chi connectivity index (χ2n) is 1.62. The molecule has 0 aliphatic carbocycles. The van der Waals surface area contributed by atoms with Crippen molar-refractivity contribution in [1.82, 2.24) is 0 Å². The van der Waals surface area contributed by atoms with Crippen LogP contribution in [-0.4, -0.2) is 39.3 Å². The van der Waals surface area contributed by atoms with Gasteiger partial charge in [0, 0.05) is 19.5 Å². The third kappa shape index (κ3) is 10.7. The largest absolute Gasteiger partial charge is 0.469 e. The molecule has 0 aromatic heterocycles. The minimum absolute atomic E-state index is 0. The number of phosphoric ester groups is 1. The smallest absolute Gasteiger partial charge is 0.394 e. The number of rotatable bonds is 4. The Bertz CT molecular complexity index is 134. The maximum atomic E-state index is 9.93. The molecule has 0 saturated heterocycles. The van der Waals surface area contributed by atoms with Crippen LogP contribution >= 0.6 is 7.82 Å². The van der Waals surface area contributed by atoms with Gasteiger partial charge in [-0.2, -0.15) is 0 Å². The van der Waals surface area contributed by atoms with E-state index >= 15 is 0 Å². The molecule has 4 N–H and O–H groups in total. The number of hydrogen-bond donors (Lipinski definition) is 4. The first-order valence-electron chi connectivity index (χ1n) is 2.44. The zero-order chi connectivity index (χ0) is 8.20. The average Bonchev–Trinajstić information content (AvgIpc) is 1.81. The van der Waals surface area contributed by atoms with Crippen LogP contribution in [0.1, 0.15) is 0 Å². The molecular weight excluding hydrogens is 228 g/mol. The molecular formula is C3H9O6PZn. The van der Waals surface area contributed by atoms with Crippen molar-refractivity contribution in [2.24, 2.45) is 0 Å². The Kier molecular flexibility index (Phi) is 8.00. The molecule has 0 spiro atoms. The summed E-state index contributed by atoms with van der Waals surface area (Å²) in [7, 11) is -4.50. The van der Waals surface area contributed by atoms with Gasteiger partial charge in [0.1, 0.15) is 6.10 Å². The van der Waals surface area contributed by atoms with Crippen molar-refractivity contribution in [3.8, 4) is 0 Å². The van der Waals surface area contributed by atoms with Crippen molar-refractivity contribution in [3.05, 3.63) is 0 Å². The van der Waals surface area contributed by atoms with E-state index in [4.69, 9.17) is 20.0 Å². The van der Waals surface area contributed by atoms with Crippen molar-refractivity contribution in [2.75, 3.05) is 13.2 Å². The zero-order valence-corrected chi connectivity index (χ0v) is 9.61. The molecule has 11 heavy (non-hydrogen) atoms. The fourth-order valence-electron chi connectivity index (χ4n) is 0.236. The van der Waals surface area contributed by atoms with E-state index in [0.29, 0.717) is 0 Å². The first-order chi connectivity index (χ1) is 4.45. The third-order valence-electron chi connectivity index (χ3n) is 0.646. The van der Waals surface area contributed by atoms with Gasteiger partial charge in [-0.15, -0.1) is 0 Å². The molecule has 0 fully saturated rings. The van der Waals surface area contributed by atoms with E-state index in [1.54, 1.807) is 0 Å². The van der Waals surface area contributed by atoms with Crippen LogP contribution in [0.5, 0.6) is 0 Å². The number of phosphoric acid groups is 1. The Hall–Kier alpha value is 0.653. The van der Waals surface area contributed by atoms with Crippen molar-refractivity contribution < 1.29 is 48.6 Å². The SMILES string of the molecule is O=P(O)(O)OCC(O)CO.[Zn]. The molecule has 0 rings (SSSR count). The van der Waals surface area contributed by atoms with Gasteiger partial charge in [0.15, 0.2) is 0 Å². The second-order valence-corrected chi connectivity index (χ2v) is 2.86. The summed E-state index contributed by atoms with van der Waals surface area (Å²) in [6.45, 7) is -1.15. The summed E-state index contributed by atoms with van der Waals surface area (Å²) >= 11 is 0. The number of hydrogen-bond acceptors (Lipinski definition) is 4. The molecule has 0 aromatic carbocycles. The Balaban J connectivity index is 0. The first kappa shape index (κ1) is 14.2. The van der Waals surface area contributed by atoms with Crippen LogP contribution in [0.15, 0.2) is 0 Å². The van der Waals surface area contributed by atoms with Gasteiger partial charge in [0.2, 0.25) is 0 Å². The molecule has 6 nitrogen and oxygen atoms in total. The van der Waals surface area contributed by atoms with Gasteiger partial charge in [0.25, 0.3) is 0 Å². The molecule has 0 bridgehead atoms. The topological polar surface area (TPSA) is 107 Å². The predicted molar refractivity (Wildman–Crippen MR) is 31.1 cm³/mol. The predicted octanol–water partition coefficient (Wildman–Crippen LogP) is -1.55. The van der Waals surface area contributed by atoms with Gasteiger partial charge in [-0.1, -0.05) is 0 Å². The Morgan fingerprint density at radius 2 is 1.91 bits per heavy atom. The second kappa shape index (κ2) is 6.20. The summed E-state index contributed by atoms with van der Waals surface area (Å²) < 4.78 is 13.8. The van der Waals surface area contributed by atoms with E-state index in [-0.39, 0.29) is 19.5 Å². The van der Waals surface area contributed by atoms with Gasteiger partial charge in [-0.05, 0) is 0 Å². The molecule has 0 saturated carbocycles. The van der Waals surface area contributed by atoms with Crippen molar-refractivity contribution in [3.63, 3.8) is 0 Å². The standard InChI is InChI=1S/C3H9O6P.Zn/c4-1-3(5)2-9-10(6,7)8;/h3-5H,1-2H2,(H2,6,7,8);. The van der Waals surface area contributed by atoms with Crippen LogP contribution in [0, 0.1) is 0 Å². The maximum Gasteiger partial charge on any atom is 0.469 e. The van der Waals surface area contributed by atoms with Crippen LogP contribution in [0.3, 0.4) is 0 Å². The van der Waals surface area contributed by atoms with Crippen molar-refractivity contribution in [1.29, 1.82) is 0 Å². The van der Waals surface area contributed by atoms with Gasteiger partial charge >= 0.3 is 7.82 Å². The van der Waals surface area contributed by atoms with Crippen LogP contribution < -0.4 is 0 Å². The van der Waals surface area contributed by atoms with Crippen LogP contribution in [0.25, 0.3) is 0 Å². The normalized spacial score (nSPS) is 13.8. The summed E-state index contributed by atoms with van der Waals surface area (Å²) in [5.74, 6) is 0. The van der Waals surface area contributed by atoms with E-state index in [9.17, 15) is 4.57 Å². The molecule has 0 heterocycles. The molecule has 0 aliphatic heterocycles. The van der Waals surface area contributed by atoms with Gasteiger partial charge in [-0.3, -0.25) is 4.52 Å². The Morgan fingerprint density at radius 1 is 1.45 bits per heavy atom. The minimum atomic E-state index is -4.50. The Labute approximate surface area is 76.2 Å². The average molecular weight is 237 g/mol. The summed E-state index contributed by atoms with van der Waals surface area (Å²) in [6.07, 6.45) is -1.24. The van der Waals surface area contributed by atoms with E-state index in [1.807, 2.05) is 0 Å². The first-order valence-corrected chi connectivity index (χ1v) is 3.98. The molecule has 1 atom stereocenters. The zero-order valence-electron chi connectivity index (χ0n) is 5.75. The monoisotopic (exact) mass is 236 g/mol. The maximum absolute atomic E-state index is 9.93. The summed E-state index contributed by atoms with van der Waals surface area (Å²) in [5.41, 5.74) is 0. The fourth-order valence-corrected chi connectivity index (χ4v) is 0.602. The van der Waals surface area contributed by atoms with Crippen molar-refractivity contribution in [2.45, 2.75) is 6.10 Å². The minimum Gasteiger partial charge on any atom is -0.394 e. The number of aliphatic hydroxyl groups excluding tert-OH is 2. The van der Waals surface area contributed by atoms with Gasteiger partial charge < -0.3 is 20.0 Å². The summed E-state index contributed by atoms with van der Waals surface area (Å²) in [4.78, 5) is 16.1. The number of aliphatic hydroxyl groups is 2. The van der Waals surface area contributed by atoms with E-state index in [0.717, 1.165) is 0 Å². The molecule has 0 aliphatic rings.